The molecule has 0 aromatic carbocycles. The molecule has 0 fully saturated rings. The Morgan fingerprint density at radius 3 is 2.69 bits per heavy atom. The lowest BCUT2D eigenvalue weighted by molar-refractivity contribution is 0.876. The van der Waals surface area contributed by atoms with E-state index in [1.165, 1.54) is 11.3 Å². The zero-order chi connectivity index (χ0) is 11.5. The van der Waals surface area contributed by atoms with Crippen molar-refractivity contribution in [2.24, 2.45) is 0 Å². The van der Waals surface area contributed by atoms with Gasteiger partial charge in [0.2, 0.25) is 0 Å². The first-order valence-electron chi connectivity index (χ1n) is 4.98. The molecule has 0 N–H and O–H groups in total. The van der Waals surface area contributed by atoms with Crippen molar-refractivity contribution in [2.45, 2.75) is 19.8 Å². The number of halogens is 2. The highest BCUT2D eigenvalue weighted by molar-refractivity contribution is 7.19. The Kier molecular flexibility index (Phi) is 3.79. The Morgan fingerprint density at radius 1 is 1.25 bits per heavy atom. The van der Waals surface area contributed by atoms with Gasteiger partial charge in [-0.25, -0.2) is 9.97 Å². The first-order chi connectivity index (χ1) is 7.69. The number of nitrogens with zero attached hydrogens (tertiary/aromatic N) is 2. The smallest absolute Gasteiger partial charge is 0.171 e. The van der Waals surface area contributed by atoms with Gasteiger partial charge < -0.3 is 0 Å². The van der Waals surface area contributed by atoms with Crippen LogP contribution in [0, 0.1) is 0 Å². The van der Waals surface area contributed by atoms with Gasteiger partial charge in [0.1, 0.15) is 5.15 Å². The lowest BCUT2D eigenvalue weighted by Gasteiger charge is -2.02. The van der Waals surface area contributed by atoms with Crippen molar-refractivity contribution in [1.82, 2.24) is 9.97 Å². The number of aromatic nitrogens is 2. The molecule has 0 aliphatic rings. The summed E-state index contributed by atoms with van der Waals surface area (Å²) < 4.78 is 0.732. The minimum Gasteiger partial charge on any atom is -0.232 e. The molecule has 16 heavy (non-hydrogen) atoms. The fraction of sp³-hybridized carbons (Fsp3) is 0.273. The summed E-state index contributed by atoms with van der Waals surface area (Å²) >= 11 is 13.3. The van der Waals surface area contributed by atoms with Gasteiger partial charge in [0.05, 0.1) is 9.21 Å². The standard InChI is InChI=1S/C11H10Cl2N2S/c1-2-3-7-6-9(12)15-11(14-7)8-4-5-10(13)16-8/h4-6H,2-3H2,1H3. The van der Waals surface area contributed by atoms with Crippen LogP contribution in [0.15, 0.2) is 18.2 Å². The second-order valence-electron chi connectivity index (χ2n) is 3.36. The van der Waals surface area contributed by atoms with E-state index < -0.39 is 0 Å². The molecule has 2 rings (SSSR count). The van der Waals surface area contributed by atoms with Crippen molar-refractivity contribution in [1.29, 1.82) is 0 Å². The maximum Gasteiger partial charge on any atom is 0.171 e. The van der Waals surface area contributed by atoms with Gasteiger partial charge in [-0.2, -0.15) is 0 Å². The molecule has 0 saturated heterocycles. The summed E-state index contributed by atoms with van der Waals surface area (Å²) in [5.41, 5.74) is 0.974. The van der Waals surface area contributed by atoms with Crippen molar-refractivity contribution < 1.29 is 0 Å². The zero-order valence-corrected chi connectivity index (χ0v) is 11.0. The summed E-state index contributed by atoms with van der Waals surface area (Å²) in [6, 6.07) is 5.56. The molecule has 2 aromatic rings. The molecule has 0 aliphatic heterocycles. The van der Waals surface area contributed by atoms with Crippen molar-refractivity contribution in [3.8, 4) is 10.7 Å². The summed E-state index contributed by atoms with van der Waals surface area (Å²) in [4.78, 5) is 9.62. The van der Waals surface area contributed by atoms with Gasteiger partial charge in [-0.05, 0) is 24.6 Å². The monoisotopic (exact) mass is 272 g/mol. The van der Waals surface area contributed by atoms with E-state index in [1.807, 2.05) is 18.2 Å². The molecule has 0 spiro atoms. The second kappa shape index (κ2) is 5.13. The molecule has 0 aliphatic carbocycles. The topological polar surface area (TPSA) is 25.8 Å². The van der Waals surface area contributed by atoms with Crippen molar-refractivity contribution >= 4 is 34.5 Å². The molecule has 84 valence electrons. The Morgan fingerprint density at radius 2 is 2.06 bits per heavy atom. The summed E-state index contributed by atoms with van der Waals surface area (Å²) in [6.45, 7) is 2.11. The molecule has 0 saturated carbocycles. The van der Waals surface area contributed by atoms with Crippen LogP contribution in [0.25, 0.3) is 10.7 Å². The third-order valence-corrected chi connectivity index (χ3v) is 3.47. The molecule has 2 heterocycles. The van der Waals surface area contributed by atoms with E-state index in [0.717, 1.165) is 27.7 Å². The van der Waals surface area contributed by atoms with E-state index >= 15 is 0 Å². The number of hydrogen-bond acceptors (Lipinski definition) is 3. The Bertz CT molecular complexity index is 496. The molecule has 0 bridgehead atoms. The molecule has 0 atom stereocenters. The van der Waals surface area contributed by atoms with Crippen LogP contribution in [0.1, 0.15) is 19.0 Å². The normalized spacial score (nSPS) is 10.7. The fourth-order valence-electron chi connectivity index (χ4n) is 1.39. The second-order valence-corrected chi connectivity index (χ2v) is 5.46. The van der Waals surface area contributed by atoms with Crippen LogP contribution in [0.3, 0.4) is 0 Å². The third-order valence-electron chi connectivity index (χ3n) is 2.05. The van der Waals surface area contributed by atoms with Crippen LogP contribution in [-0.2, 0) is 6.42 Å². The number of aryl methyl sites for hydroxylation is 1. The van der Waals surface area contributed by atoms with Crippen molar-refractivity contribution in [3.05, 3.63) is 33.4 Å². The van der Waals surface area contributed by atoms with Gasteiger partial charge in [-0.15, -0.1) is 11.3 Å². The van der Waals surface area contributed by atoms with Crippen molar-refractivity contribution in [2.75, 3.05) is 0 Å². The lowest BCUT2D eigenvalue weighted by atomic mass is 10.2. The lowest BCUT2D eigenvalue weighted by Crippen LogP contribution is -1.94. The summed E-state index contributed by atoms with van der Waals surface area (Å²) in [7, 11) is 0. The van der Waals surface area contributed by atoms with Gasteiger partial charge in [0.15, 0.2) is 5.82 Å². The largest absolute Gasteiger partial charge is 0.232 e. The molecule has 2 aromatic heterocycles. The highest BCUT2D eigenvalue weighted by Gasteiger charge is 2.07. The highest BCUT2D eigenvalue weighted by atomic mass is 35.5. The predicted molar refractivity (Wildman–Crippen MR) is 69.4 cm³/mol. The van der Waals surface area contributed by atoms with Crippen LogP contribution >= 0.6 is 34.5 Å². The van der Waals surface area contributed by atoms with Crippen LogP contribution < -0.4 is 0 Å². The zero-order valence-electron chi connectivity index (χ0n) is 8.70. The van der Waals surface area contributed by atoms with Crippen molar-refractivity contribution in [3.63, 3.8) is 0 Å². The van der Waals surface area contributed by atoms with E-state index in [4.69, 9.17) is 23.2 Å². The Balaban J connectivity index is 2.40. The number of rotatable bonds is 3. The molecule has 0 unspecified atom stereocenters. The van der Waals surface area contributed by atoms with Crippen LogP contribution in [-0.4, -0.2) is 9.97 Å². The summed E-state index contributed by atoms with van der Waals surface area (Å²) in [6.07, 6.45) is 1.95. The Labute approximate surface area is 108 Å². The van der Waals surface area contributed by atoms with Crippen LogP contribution in [0.4, 0.5) is 0 Å². The maximum atomic E-state index is 5.96. The number of hydrogen-bond donors (Lipinski definition) is 0. The Hall–Kier alpha value is -0.640. The highest BCUT2D eigenvalue weighted by Crippen LogP contribution is 2.29. The molecular weight excluding hydrogens is 263 g/mol. The SMILES string of the molecule is CCCc1cc(Cl)nc(-c2ccc(Cl)s2)n1. The predicted octanol–water partition coefficient (Wildman–Crippen LogP) is 4.46. The summed E-state index contributed by atoms with van der Waals surface area (Å²) in [5.74, 6) is 0.660. The third kappa shape index (κ3) is 2.73. The van der Waals surface area contributed by atoms with Gasteiger partial charge in [0.25, 0.3) is 0 Å². The van der Waals surface area contributed by atoms with E-state index in [-0.39, 0.29) is 0 Å². The first-order valence-corrected chi connectivity index (χ1v) is 6.55. The van der Waals surface area contributed by atoms with Gasteiger partial charge >= 0.3 is 0 Å². The van der Waals surface area contributed by atoms with E-state index in [2.05, 4.69) is 16.9 Å². The minimum atomic E-state index is 0.484. The molecule has 0 amide bonds. The van der Waals surface area contributed by atoms with Gasteiger partial charge in [-0.1, -0.05) is 36.5 Å². The first kappa shape index (κ1) is 11.8. The van der Waals surface area contributed by atoms with Gasteiger partial charge in [0, 0.05) is 5.69 Å². The van der Waals surface area contributed by atoms with E-state index in [0.29, 0.717) is 11.0 Å². The minimum absolute atomic E-state index is 0.484. The summed E-state index contributed by atoms with van der Waals surface area (Å²) in [5, 5.41) is 0.484. The van der Waals surface area contributed by atoms with E-state index in [1.54, 1.807) is 0 Å². The van der Waals surface area contributed by atoms with Crippen LogP contribution in [0.2, 0.25) is 9.49 Å². The average molecular weight is 273 g/mol. The average Bonchev–Trinajstić information content (AvgIpc) is 2.64. The molecule has 2 nitrogen and oxygen atoms in total. The molecule has 5 heteroatoms. The maximum absolute atomic E-state index is 5.96. The number of thiophene rings is 1. The van der Waals surface area contributed by atoms with Gasteiger partial charge in [-0.3, -0.25) is 0 Å². The quantitative estimate of drug-likeness (QED) is 0.771. The van der Waals surface area contributed by atoms with Crippen LogP contribution in [0.5, 0.6) is 0 Å². The molecule has 0 radical (unpaired) electrons. The molecular formula is C11H10Cl2N2S. The fourth-order valence-corrected chi connectivity index (χ4v) is 2.58. The van der Waals surface area contributed by atoms with E-state index in [9.17, 15) is 0 Å².